The third kappa shape index (κ3) is 4.27. The maximum atomic E-state index is 13.5. The highest BCUT2D eigenvalue weighted by atomic mass is 79.9. The SMILES string of the molecule is O=C(C(Br)c1ccccc1-c1cccnc1)C(Br)c1ccccc1-c1cccnc1. The Kier molecular flexibility index (Phi) is 6.50. The number of alkyl halides is 2. The fourth-order valence-corrected chi connectivity index (χ4v) is 5.12. The number of halogens is 2. The first kappa shape index (κ1) is 20.6. The molecular formula is C25H18Br2N2O. The summed E-state index contributed by atoms with van der Waals surface area (Å²) in [4.78, 5) is 21.0. The lowest BCUT2D eigenvalue weighted by molar-refractivity contribution is -0.118. The molecule has 0 fully saturated rings. The van der Waals surface area contributed by atoms with Gasteiger partial charge in [0.1, 0.15) is 9.65 Å². The Labute approximate surface area is 192 Å². The maximum Gasteiger partial charge on any atom is 0.168 e. The second-order valence-electron chi connectivity index (χ2n) is 6.79. The molecule has 4 rings (SSSR count). The standard InChI is InChI=1S/C25H18Br2N2O/c26-23(21-11-3-1-9-19(21)17-7-5-13-28-15-17)25(30)24(27)22-12-4-2-10-20(22)18-8-6-14-29-16-18/h1-16,23-24H. The fraction of sp³-hybridized carbons (Fsp3) is 0.0800. The summed E-state index contributed by atoms with van der Waals surface area (Å²) >= 11 is 7.33. The summed E-state index contributed by atoms with van der Waals surface area (Å²) in [5, 5.41) is 0. The van der Waals surface area contributed by atoms with Crippen LogP contribution in [0.1, 0.15) is 20.8 Å². The summed E-state index contributed by atoms with van der Waals surface area (Å²) in [6.07, 6.45) is 7.11. The predicted octanol–water partition coefficient (Wildman–Crippen LogP) is 6.95. The van der Waals surface area contributed by atoms with Gasteiger partial charge in [-0.05, 0) is 34.4 Å². The van der Waals surface area contributed by atoms with Gasteiger partial charge in [-0.15, -0.1) is 0 Å². The Balaban J connectivity index is 1.69. The summed E-state index contributed by atoms with van der Waals surface area (Å²) in [5.41, 5.74) is 5.76. The average molecular weight is 522 g/mol. The van der Waals surface area contributed by atoms with E-state index < -0.39 is 9.65 Å². The number of ketones is 1. The molecule has 4 aromatic rings. The third-order valence-corrected chi connectivity index (χ3v) is 6.80. The van der Waals surface area contributed by atoms with E-state index >= 15 is 0 Å². The summed E-state index contributed by atoms with van der Waals surface area (Å²) in [7, 11) is 0. The molecular weight excluding hydrogens is 504 g/mol. The van der Waals surface area contributed by atoms with Gasteiger partial charge in [0.05, 0.1) is 0 Å². The first-order valence-electron chi connectivity index (χ1n) is 9.47. The molecule has 2 atom stereocenters. The summed E-state index contributed by atoms with van der Waals surface area (Å²) < 4.78 is 0. The van der Waals surface area contributed by atoms with Crippen LogP contribution in [0.15, 0.2) is 97.6 Å². The van der Waals surface area contributed by atoms with Gasteiger partial charge >= 0.3 is 0 Å². The van der Waals surface area contributed by atoms with Crippen LogP contribution in [0.5, 0.6) is 0 Å². The van der Waals surface area contributed by atoms with Crippen LogP contribution in [0, 0.1) is 0 Å². The van der Waals surface area contributed by atoms with Crippen LogP contribution in [-0.2, 0) is 4.79 Å². The van der Waals surface area contributed by atoms with Crippen molar-refractivity contribution >= 4 is 37.6 Å². The minimum Gasteiger partial charge on any atom is -0.296 e. The Hall–Kier alpha value is -2.63. The molecule has 0 radical (unpaired) electrons. The van der Waals surface area contributed by atoms with E-state index in [9.17, 15) is 4.79 Å². The Morgan fingerprint density at radius 1 is 0.633 bits per heavy atom. The number of pyridine rings is 2. The molecule has 148 valence electrons. The van der Waals surface area contributed by atoms with Crippen LogP contribution < -0.4 is 0 Å². The molecule has 2 unspecified atom stereocenters. The number of carbonyl (C=O) groups is 1. The van der Waals surface area contributed by atoms with Crippen LogP contribution in [0.3, 0.4) is 0 Å². The molecule has 0 aliphatic rings. The van der Waals surface area contributed by atoms with Crippen LogP contribution in [0.25, 0.3) is 22.3 Å². The second-order valence-corrected chi connectivity index (χ2v) is 8.62. The van der Waals surface area contributed by atoms with E-state index in [1.165, 1.54) is 0 Å². The molecule has 2 aromatic heterocycles. The van der Waals surface area contributed by atoms with Gasteiger partial charge in [-0.2, -0.15) is 0 Å². The predicted molar refractivity (Wildman–Crippen MR) is 128 cm³/mol. The molecule has 30 heavy (non-hydrogen) atoms. The van der Waals surface area contributed by atoms with Crippen LogP contribution in [0.4, 0.5) is 0 Å². The van der Waals surface area contributed by atoms with E-state index in [0.29, 0.717) is 0 Å². The maximum absolute atomic E-state index is 13.5. The van der Waals surface area contributed by atoms with Crippen molar-refractivity contribution < 1.29 is 4.79 Å². The first-order chi connectivity index (χ1) is 14.7. The van der Waals surface area contributed by atoms with Gasteiger partial charge in [-0.3, -0.25) is 14.8 Å². The molecule has 0 N–H and O–H groups in total. The van der Waals surface area contributed by atoms with E-state index in [1.54, 1.807) is 12.4 Å². The molecule has 0 spiro atoms. The van der Waals surface area contributed by atoms with E-state index in [4.69, 9.17) is 0 Å². The number of hydrogen-bond acceptors (Lipinski definition) is 3. The largest absolute Gasteiger partial charge is 0.296 e. The molecule has 0 aliphatic heterocycles. The number of hydrogen-bond donors (Lipinski definition) is 0. The number of benzene rings is 2. The normalized spacial score (nSPS) is 12.9. The Morgan fingerprint density at radius 2 is 1.07 bits per heavy atom. The lowest BCUT2D eigenvalue weighted by atomic mass is 9.92. The van der Waals surface area contributed by atoms with E-state index in [2.05, 4.69) is 41.8 Å². The van der Waals surface area contributed by atoms with E-state index in [1.807, 2.05) is 85.2 Å². The molecule has 0 aliphatic carbocycles. The van der Waals surface area contributed by atoms with Crippen molar-refractivity contribution in [3.05, 3.63) is 109 Å². The molecule has 2 aromatic carbocycles. The molecule has 2 heterocycles. The monoisotopic (exact) mass is 520 g/mol. The van der Waals surface area contributed by atoms with E-state index in [0.717, 1.165) is 33.4 Å². The summed E-state index contributed by atoms with van der Waals surface area (Å²) in [5.74, 6) is 0.0303. The molecule has 0 amide bonds. The van der Waals surface area contributed by atoms with Crippen molar-refractivity contribution in [1.82, 2.24) is 9.97 Å². The van der Waals surface area contributed by atoms with Gasteiger partial charge in [-0.25, -0.2) is 0 Å². The third-order valence-electron chi connectivity index (χ3n) is 4.91. The fourth-order valence-electron chi connectivity index (χ4n) is 3.44. The number of nitrogens with zero attached hydrogens (tertiary/aromatic N) is 2. The van der Waals surface area contributed by atoms with Gasteiger partial charge in [0.15, 0.2) is 5.78 Å². The number of rotatable bonds is 6. The van der Waals surface area contributed by atoms with Gasteiger partial charge in [0.25, 0.3) is 0 Å². The molecule has 0 bridgehead atoms. The van der Waals surface area contributed by atoms with Gasteiger partial charge in [0.2, 0.25) is 0 Å². The van der Waals surface area contributed by atoms with Crippen molar-refractivity contribution in [3.8, 4) is 22.3 Å². The quantitative estimate of drug-likeness (QED) is 0.258. The van der Waals surface area contributed by atoms with E-state index in [-0.39, 0.29) is 5.78 Å². The zero-order valence-electron chi connectivity index (χ0n) is 16.0. The Bertz CT molecular complexity index is 1060. The van der Waals surface area contributed by atoms with Crippen molar-refractivity contribution in [1.29, 1.82) is 0 Å². The second kappa shape index (κ2) is 9.45. The minimum atomic E-state index is -0.472. The average Bonchev–Trinajstić information content (AvgIpc) is 2.84. The smallest absolute Gasteiger partial charge is 0.168 e. The molecule has 3 nitrogen and oxygen atoms in total. The van der Waals surface area contributed by atoms with Gasteiger partial charge < -0.3 is 0 Å². The number of aromatic nitrogens is 2. The van der Waals surface area contributed by atoms with Gasteiger partial charge in [-0.1, -0.05) is 92.5 Å². The zero-order chi connectivity index (χ0) is 20.9. The number of carbonyl (C=O) groups excluding carboxylic acids is 1. The zero-order valence-corrected chi connectivity index (χ0v) is 19.1. The van der Waals surface area contributed by atoms with Crippen molar-refractivity contribution in [2.24, 2.45) is 0 Å². The highest BCUT2D eigenvalue weighted by Gasteiger charge is 2.29. The van der Waals surface area contributed by atoms with Gasteiger partial charge in [0, 0.05) is 35.9 Å². The molecule has 5 heteroatoms. The van der Waals surface area contributed by atoms with Crippen molar-refractivity contribution in [3.63, 3.8) is 0 Å². The first-order valence-corrected chi connectivity index (χ1v) is 11.3. The Morgan fingerprint density at radius 3 is 1.47 bits per heavy atom. The highest BCUT2D eigenvalue weighted by Crippen LogP contribution is 2.41. The summed E-state index contributed by atoms with van der Waals surface area (Å²) in [6, 6.07) is 23.6. The van der Waals surface area contributed by atoms with Crippen molar-refractivity contribution in [2.45, 2.75) is 9.65 Å². The summed E-state index contributed by atoms with van der Waals surface area (Å²) in [6.45, 7) is 0. The molecule has 0 saturated carbocycles. The van der Waals surface area contributed by atoms with Crippen molar-refractivity contribution in [2.75, 3.05) is 0 Å². The number of Topliss-reactive ketones (excluding diaryl/α,β-unsaturated/α-hetero) is 1. The van der Waals surface area contributed by atoms with Crippen LogP contribution in [-0.4, -0.2) is 15.8 Å². The molecule has 0 saturated heterocycles. The minimum absolute atomic E-state index is 0.0303. The van der Waals surface area contributed by atoms with Crippen LogP contribution in [0.2, 0.25) is 0 Å². The lowest BCUT2D eigenvalue weighted by Crippen LogP contribution is -2.14. The highest BCUT2D eigenvalue weighted by molar-refractivity contribution is 9.10. The lowest BCUT2D eigenvalue weighted by Gasteiger charge is -2.19. The van der Waals surface area contributed by atoms with Crippen LogP contribution >= 0.6 is 31.9 Å². The topological polar surface area (TPSA) is 42.9 Å².